The second-order valence-corrected chi connectivity index (χ2v) is 5.38. The molecule has 1 aromatic carbocycles. The molecule has 0 aliphatic carbocycles. The van der Waals surface area contributed by atoms with Crippen LogP contribution in [0.25, 0.3) is 22.4 Å². The van der Waals surface area contributed by atoms with Gasteiger partial charge in [-0.25, -0.2) is 4.98 Å². The zero-order valence-corrected chi connectivity index (χ0v) is 12.7. The Hall–Kier alpha value is -3.41. The fourth-order valence-corrected chi connectivity index (χ4v) is 2.52. The first kappa shape index (κ1) is 14.2. The normalized spacial score (nSPS) is 10.8. The fraction of sp³-hybridized carbons (Fsp3) is 0.0556. The maximum absolute atomic E-state index is 12.3. The summed E-state index contributed by atoms with van der Waals surface area (Å²) in [7, 11) is 0. The van der Waals surface area contributed by atoms with Gasteiger partial charge in [0.15, 0.2) is 0 Å². The van der Waals surface area contributed by atoms with Crippen molar-refractivity contribution in [3.8, 4) is 11.3 Å². The number of carbonyl (C=O) groups excluding carboxylic acids is 1. The average molecular weight is 318 g/mol. The number of H-pyrrole nitrogens is 1. The molecular weight excluding hydrogens is 304 g/mol. The van der Waals surface area contributed by atoms with E-state index in [-0.39, 0.29) is 5.91 Å². The minimum absolute atomic E-state index is 0.144. The summed E-state index contributed by atoms with van der Waals surface area (Å²) in [5.41, 5.74) is 4.04. The van der Waals surface area contributed by atoms with Gasteiger partial charge >= 0.3 is 0 Å². The van der Waals surface area contributed by atoms with Crippen LogP contribution in [0.5, 0.6) is 0 Å². The standard InChI is InChI=1S/C18H14N4O2/c23-18(13-3-4-15-16(7-13)22-11-21-15)20-9-12-6-14(10-19-8-12)17-2-1-5-24-17/h1-8,10-11H,9H2,(H,20,23)(H,21,22). The van der Waals surface area contributed by atoms with Gasteiger partial charge in [0.05, 0.1) is 23.6 Å². The number of aromatic amines is 1. The predicted molar refractivity (Wildman–Crippen MR) is 89.2 cm³/mol. The van der Waals surface area contributed by atoms with Crippen molar-refractivity contribution in [2.45, 2.75) is 6.54 Å². The van der Waals surface area contributed by atoms with E-state index in [1.54, 1.807) is 37.1 Å². The van der Waals surface area contributed by atoms with Crippen LogP contribution in [-0.2, 0) is 6.54 Å². The van der Waals surface area contributed by atoms with Gasteiger partial charge in [0.2, 0.25) is 0 Å². The lowest BCUT2D eigenvalue weighted by molar-refractivity contribution is 0.0951. The van der Waals surface area contributed by atoms with Crippen LogP contribution in [0.2, 0.25) is 0 Å². The lowest BCUT2D eigenvalue weighted by Crippen LogP contribution is -2.22. The number of pyridine rings is 1. The number of carbonyl (C=O) groups is 1. The van der Waals surface area contributed by atoms with E-state index in [0.29, 0.717) is 12.1 Å². The van der Waals surface area contributed by atoms with Gasteiger partial charge in [0.25, 0.3) is 5.91 Å². The van der Waals surface area contributed by atoms with Crippen LogP contribution in [0.3, 0.4) is 0 Å². The molecule has 0 radical (unpaired) electrons. The molecule has 24 heavy (non-hydrogen) atoms. The van der Waals surface area contributed by atoms with Gasteiger partial charge in [-0.1, -0.05) is 0 Å². The molecule has 3 heterocycles. The van der Waals surface area contributed by atoms with E-state index in [1.807, 2.05) is 24.3 Å². The molecule has 0 fully saturated rings. The molecule has 1 amide bonds. The lowest BCUT2D eigenvalue weighted by atomic mass is 10.1. The number of nitrogens with zero attached hydrogens (tertiary/aromatic N) is 2. The number of hydrogen-bond donors (Lipinski definition) is 2. The van der Waals surface area contributed by atoms with Gasteiger partial charge in [-0.3, -0.25) is 9.78 Å². The molecule has 0 aliphatic rings. The third-order valence-electron chi connectivity index (χ3n) is 3.74. The molecule has 0 spiro atoms. The van der Waals surface area contributed by atoms with Crippen molar-refractivity contribution in [1.82, 2.24) is 20.3 Å². The summed E-state index contributed by atoms with van der Waals surface area (Å²) in [5, 5.41) is 2.90. The molecule has 118 valence electrons. The zero-order valence-electron chi connectivity index (χ0n) is 12.7. The largest absolute Gasteiger partial charge is 0.464 e. The van der Waals surface area contributed by atoms with Crippen LogP contribution in [0.4, 0.5) is 0 Å². The topological polar surface area (TPSA) is 83.8 Å². The van der Waals surface area contributed by atoms with Crippen molar-refractivity contribution < 1.29 is 9.21 Å². The van der Waals surface area contributed by atoms with Gasteiger partial charge in [-0.05, 0) is 42.0 Å². The summed E-state index contributed by atoms with van der Waals surface area (Å²) >= 11 is 0. The molecule has 0 aliphatic heterocycles. The van der Waals surface area contributed by atoms with Gasteiger partial charge in [0.1, 0.15) is 5.76 Å². The van der Waals surface area contributed by atoms with Crippen LogP contribution >= 0.6 is 0 Å². The summed E-state index contributed by atoms with van der Waals surface area (Å²) in [6, 6.07) is 11.0. The first-order chi connectivity index (χ1) is 11.8. The lowest BCUT2D eigenvalue weighted by Gasteiger charge is -2.06. The van der Waals surface area contributed by atoms with Crippen molar-refractivity contribution >= 4 is 16.9 Å². The van der Waals surface area contributed by atoms with E-state index < -0.39 is 0 Å². The maximum Gasteiger partial charge on any atom is 0.251 e. The molecule has 3 aromatic heterocycles. The van der Waals surface area contributed by atoms with Crippen LogP contribution in [0.1, 0.15) is 15.9 Å². The van der Waals surface area contributed by atoms with Crippen molar-refractivity contribution in [2.75, 3.05) is 0 Å². The number of furan rings is 1. The third kappa shape index (κ3) is 2.77. The minimum Gasteiger partial charge on any atom is -0.464 e. The zero-order chi connectivity index (χ0) is 16.4. The highest BCUT2D eigenvalue weighted by Crippen LogP contribution is 2.19. The Morgan fingerprint density at radius 1 is 1.21 bits per heavy atom. The molecule has 0 unspecified atom stereocenters. The highest BCUT2D eigenvalue weighted by molar-refractivity contribution is 5.97. The number of aromatic nitrogens is 3. The van der Waals surface area contributed by atoms with Gasteiger partial charge < -0.3 is 14.7 Å². The van der Waals surface area contributed by atoms with Crippen molar-refractivity contribution in [1.29, 1.82) is 0 Å². The summed E-state index contributed by atoms with van der Waals surface area (Å²) in [6.45, 7) is 0.390. The van der Waals surface area contributed by atoms with E-state index in [0.717, 1.165) is 27.9 Å². The summed E-state index contributed by atoms with van der Waals surface area (Å²) in [6.07, 6.45) is 6.69. The molecule has 0 saturated heterocycles. The van der Waals surface area contributed by atoms with Gasteiger partial charge in [0, 0.05) is 30.1 Å². The molecule has 6 nitrogen and oxygen atoms in total. The molecule has 0 saturated carbocycles. The molecule has 4 rings (SSSR count). The number of hydrogen-bond acceptors (Lipinski definition) is 4. The average Bonchev–Trinajstić information content (AvgIpc) is 3.30. The minimum atomic E-state index is -0.144. The Labute approximate surface area is 137 Å². The van der Waals surface area contributed by atoms with Crippen molar-refractivity contribution in [3.05, 3.63) is 72.5 Å². The van der Waals surface area contributed by atoms with Crippen LogP contribution < -0.4 is 5.32 Å². The molecular formula is C18H14N4O2. The Bertz CT molecular complexity index is 989. The van der Waals surface area contributed by atoms with Crippen LogP contribution in [-0.4, -0.2) is 20.9 Å². The molecule has 2 N–H and O–H groups in total. The van der Waals surface area contributed by atoms with Crippen molar-refractivity contribution in [2.24, 2.45) is 0 Å². The quantitative estimate of drug-likeness (QED) is 0.605. The summed E-state index contributed by atoms with van der Waals surface area (Å²) < 4.78 is 5.37. The summed E-state index contributed by atoms with van der Waals surface area (Å²) in [4.78, 5) is 23.7. The Morgan fingerprint density at radius 2 is 2.17 bits per heavy atom. The molecule has 0 bridgehead atoms. The Kier molecular flexibility index (Phi) is 3.55. The van der Waals surface area contributed by atoms with Gasteiger partial charge in [-0.15, -0.1) is 0 Å². The molecule has 4 aromatic rings. The van der Waals surface area contributed by atoms with E-state index in [1.165, 1.54) is 0 Å². The number of fused-ring (bicyclic) bond motifs is 1. The van der Waals surface area contributed by atoms with Crippen LogP contribution in [0, 0.1) is 0 Å². The highest BCUT2D eigenvalue weighted by atomic mass is 16.3. The number of imidazole rings is 1. The van der Waals surface area contributed by atoms with E-state index in [2.05, 4.69) is 20.3 Å². The fourth-order valence-electron chi connectivity index (χ4n) is 2.52. The number of nitrogens with one attached hydrogen (secondary N) is 2. The number of rotatable bonds is 4. The van der Waals surface area contributed by atoms with Crippen molar-refractivity contribution in [3.63, 3.8) is 0 Å². The summed E-state index contributed by atoms with van der Waals surface area (Å²) in [5.74, 6) is 0.607. The second-order valence-electron chi connectivity index (χ2n) is 5.38. The maximum atomic E-state index is 12.3. The predicted octanol–water partition coefficient (Wildman–Crippen LogP) is 3.15. The highest BCUT2D eigenvalue weighted by Gasteiger charge is 2.08. The first-order valence-corrected chi connectivity index (χ1v) is 7.49. The smallest absolute Gasteiger partial charge is 0.251 e. The SMILES string of the molecule is O=C(NCc1cncc(-c2ccco2)c1)c1ccc2nc[nH]c2c1. The number of benzene rings is 1. The Balaban J connectivity index is 1.48. The molecule has 0 atom stereocenters. The second kappa shape index (κ2) is 6.00. The number of amides is 1. The van der Waals surface area contributed by atoms with E-state index in [9.17, 15) is 4.79 Å². The van der Waals surface area contributed by atoms with Gasteiger partial charge in [-0.2, -0.15) is 0 Å². The molecule has 6 heteroatoms. The van der Waals surface area contributed by atoms with Crippen LogP contribution in [0.15, 0.2) is 65.8 Å². The van der Waals surface area contributed by atoms with E-state index >= 15 is 0 Å². The monoisotopic (exact) mass is 318 g/mol. The third-order valence-corrected chi connectivity index (χ3v) is 3.74. The Morgan fingerprint density at radius 3 is 3.04 bits per heavy atom. The first-order valence-electron chi connectivity index (χ1n) is 7.49. The van der Waals surface area contributed by atoms with E-state index in [4.69, 9.17) is 4.42 Å².